The van der Waals surface area contributed by atoms with E-state index in [1.54, 1.807) is 29.5 Å². The molecule has 3 aromatic rings. The number of benzene rings is 2. The van der Waals surface area contributed by atoms with Crippen LogP contribution in [0.1, 0.15) is 39.7 Å². The quantitative estimate of drug-likeness (QED) is 0.531. The van der Waals surface area contributed by atoms with Gasteiger partial charge in [-0.25, -0.2) is 0 Å². The zero-order valence-corrected chi connectivity index (χ0v) is 16.7. The topological polar surface area (TPSA) is 70.2 Å². The number of anilines is 1. The molecule has 3 N–H and O–H groups in total. The molecule has 1 aliphatic carbocycles. The lowest BCUT2D eigenvalue weighted by molar-refractivity contribution is -0.115. The van der Waals surface area contributed by atoms with E-state index in [9.17, 15) is 9.59 Å². The summed E-state index contributed by atoms with van der Waals surface area (Å²) in [4.78, 5) is 26.2. The molecule has 0 saturated heterocycles. The lowest BCUT2D eigenvalue weighted by atomic mass is 10.1. The van der Waals surface area contributed by atoms with Crippen molar-refractivity contribution in [2.24, 2.45) is 0 Å². The molecule has 0 spiro atoms. The maximum atomic E-state index is 12.6. The van der Waals surface area contributed by atoms with Crippen LogP contribution in [0.4, 0.5) is 5.69 Å². The van der Waals surface area contributed by atoms with Crippen LogP contribution in [0.15, 0.2) is 72.1 Å². The van der Waals surface area contributed by atoms with Gasteiger partial charge >= 0.3 is 0 Å². The number of hydrogen-bond donors (Lipinski definition) is 3. The normalized spacial score (nSPS) is 14.2. The highest BCUT2D eigenvalue weighted by Crippen LogP contribution is 2.26. The molecule has 2 aromatic carbocycles. The van der Waals surface area contributed by atoms with Crippen LogP contribution in [0.3, 0.4) is 0 Å². The van der Waals surface area contributed by atoms with Crippen molar-refractivity contribution in [3.63, 3.8) is 0 Å². The Morgan fingerprint density at radius 3 is 2.45 bits per heavy atom. The lowest BCUT2D eigenvalue weighted by Gasteiger charge is -2.18. The zero-order chi connectivity index (χ0) is 20.1. The van der Waals surface area contributed by atoms with Crippen LogP contribution in [0, 0.1) is 0 Å². The van der Waals surface area contributed by atoms with Gasteiger partial charge in [0.05, 0.1) is 23.8 Å². The minimum atomic E-state index is -0.186. The Morgan fingerprint density at radius 1 is 0.966 bits per heavy atom. The molecule has 0 unspecified atom stereocenters. The summed E-state index contributed by atoms with van der Waals surface area (Å²) in [6.45, 7) is 0.135. The molecule has 6 heteroatoms. The smallest absolute Gasteiger partial charge is 0.253 e. The summed E-state index contributed by atoms with van der Waals surface area (Å²) in [6.07, 6.45) is 2.04. The largest absolute Gasteiger partial charge is 0.349 e. The van der Waals surface area contributed by atoms with E-state index < -0.39 is 0 Å². The molecule has 0 aliphatic heterocycles. The minimum Gasteiger partial charge on any atom is -0.349 e. The van der Waals surface area contributed by atoms with Crippen molar-refractivity contribution < 1.29 is 9.59 Å². The number of hydrogen-bond acceptors (Lipinski definition) is 4. The predicted octanol–water partition coefficient (Wildman–Crippen LogP) is 3.96. The summed E-state index contributed by atoms with van der Waals surface area (Å²) in [5, 5.41) is 11.2. The van der Waals surface area contributed by atoms with Gasteiger partial charge in [0.1, 0.15) is 0 Å². The highest BCUT2D eigenvalue weighted by Gasteiger charge is 2.25. The van der Waals surface area contributed by atoms with Crippen LogP contribution in [0.5, 0.6) is 0 Å². The zero-order valence-electron chi connectivity index (χ0n) is 15.9. The van der Waals surface area contributed by atoms with E-state index >= 15 is 0 Å². The van der Waals surface area contributed by atoms with E-state index in [0.717, 1.165) is 23.3 Å². The van der Waals surface area contributed by atoms with E-state index in [2.05, 4.69) is 22.0 Å². The van der Waals surface area contributed by atoms with Crippen LogP contribution in [0.25, 0.3) is 0 Å². The van der Waals surface area contributed by atoms with Crippen molar-refractivity contribution in [2.75, 3.05) is 11.9 Å². The van der Waals surface area contributed by atoms with Gasteiger partial charge in [0, 0.05) is 10.9 Å². The van der Waals surface area contributed by atoms with Crippen molar-refractivity contribution in [3.8, 4) is 0 Å². The summed E-state index contributed by atoms with van der Waals surface area (Å²) in [6, 6.07) is 21.4. The van der Waals surface area contributed by atoms with Crippen molar-refractivity contribution in [1.29, 1.82) is 0 Å². The fourth-order valence-electron chi connectivity index (χ4n) is 3.15. The second kappa shape index (κ2) is 9.03. The second-order valence-electron chi connectivity index (χ2n) is 7.08. The van der Waals surface area contributed by atoms with Crippen molar-refractivity contribution in [2.45, 2.75) is 24.9 Å². The van der Waals surface area contributed by atoms with Gasteiger partial charge in [-0.2, -0.15) is 0 Å². The molecule has 1 fully saturated rings. The standard InChI is InChI=1S/C23H23N3O2S/c27-21(26-19-10-5-4-9-18(19)23(28)25-17-12-13-17)15-24-22(20-11-6-14-29-20)16-7-2-1-3-8-16/h1-11,14,17,22,24H,12-13,15H2,(H,25,28)(H,26,27)/t22-/m0/s1. The van der Waals surface area contributed by atoms with Gasteiger partial charge in [-0.15, -0.1) is 11.3 Å². The number of rotatable bonds is 8. The van der Waals surface area contributed by atoms with E-state index in [1.165, 1.54) is 0 Å². The summed E-state index contributed by atoms with van der Waals surface area (Å²) in [5.74, 6) is -0.328. The summed E-state index contributed by atoms with van der Waals surface area (Å²) < 4.78 is 0. The molecule has 0 bridgehead atoms. The monoisotopic (exact) mass is 405 g/mol. The first-order valence-corrected chi connectivity index (χ1v) is 10.6. The van der Waals surface area contributed by atoms with Crippen molar-refractivity contribution in [3.05, 3.63) is 88.1 Å². The van der Waals surface area contributed by atoms with E-state index in [4.69, 9.17) is 0 Å². The molecule has 2 amide bonds. The van der Waals surface area contributed by atoms with Crippen LogP contribution < -0.4 is 16.0 Å². The Hall–Kier alpha value is -2.96. The fraction of sp³-hybridized carbons (Fsp3) is 0.217. The number of amides is 2. The summed E-state index contributed by atoms with van der Waals surface area (Å²) in [7, 11) is 0. The summed E-state index contributed by atoms with van der Waals surface area (Å²) in [5.41, 5.74) is 2.13. The Morgan fingerprint density at radius 2 is 1.72 bits per heavy atom. The highest BCUT2D eigenvalue weighted by atomic mass is 32.1. The van der Waals surface area contributed by atoms with Gasteiger partial charge in [-0.1, -0.05) is 48.5 Å². The first kappa shape index (κ1) is 19.4. The molecular formula is C23H23N3O2S. The molecule has 1 heterocycles. The Balaban J connectivity index is 1.42. The maximum Gasteiger partial charge on any atom is 0.253 e. The van der Waals surface area contributed by atoms with Crippen LogP contribution in [0.2, 0.25) is 0 Å². The SMILES string of the molecule is O=C(CN[C@@H](c1ccccc1)c1cccs1)Nc1ccccc1C(=O)NC1CC1. The number of thiophene rings is 1. The molecule has 1 aromatic heterocycles. The molecule has 148 valence electrons. The predicted molar refractivity (Wildman–Crippen MR) is 116 cm³/mol. The van der Waals surface area contributed by atoms with Crippen LogP contribution >= 0.6 is 11.3 Å². The Kier molecular flexibility index (Phi) is 6.03. The van der Waals surface area contributed by atoms with Gasteiger partial charge in [0.2, 0.25) is 5.91 Å². The minimum absolute atomic E-state index is 0.0599. The van der Waals surface area contributed by atoms with Crippen molar-refractivity contribution in [1.82, 2.24) is 10.6 Å². The highest BCUT2D eigenvalue weighted by molar-refractivity contribution is 7.10. The van der Waals surface area contributed by atoms with E-state index in [-0.39, 0.29) is 30.4 Å². The van der Waals surface area contributed by atoms with E-state index in [0.29, 0.717) is 11.3 Å². The third-order valence-electron chi connectivity index (χ3n) is 4.79. The average molecular weight is 406 g/mol. The van der Waals surface area contributed by atoms with Gasteiger partial charge in [0.25, 0.3) is 5.91 Å². The number of carbonyl (C=O) groups is 2. The number of nitrogens with one attached hydrogen (secondary N) is 3. The van der Waals surface area contributed by atoms with Crippen molar-refractivity contribution >= 4 is 28.8 Å². The lowest BCUT2D eigenvalue weighted by Crippen LogP contribution is -2.32. The summed E-state index contributed by atoms with van der Waals surface area (Å²) >= 11 is 1.65. The first-order valence-electron chi connectivity index (χ1n) is 9.72. The number of carbonyl (C=O) groups excluding carboxylic acids is 2. The van der Waals surface area contributed by atoms with Gasteiger partial charge in [-0.3, -0.25) is 14.9 Å². The van der Waals surface area contributed by atoms with E-state index in [1.807, 2.05) is 47.8 Å². The third kappa shape index (κ3) is 5.10. The average Bonchev–Trinajstić information content (AvgIpc) is 3.39. The Labute approximate surface area is 174 Å². The van der Waals surface area contributed by atoms with Gasteiger partial charge < -0.3 is 10.6 Å². The molecule has 29 heavy (non-hydrogen) atoms. The molecule has 1 atom stereocenters. The fourth-order valence-corrected chi connectivity index (χ4v) is 3.98. The maximum absolute atomic E-state index is 12.6. The molecule has 1 saturated carbocycles. The first-order chi connectivity index (χ1) is 14.2. The Bertz CT molecular complexity index is 969. The molecule has 4 rings (SSSR count). The number of para-hydroxylation sites is 1. The third-order valence-corrected chi connectivity index (χ3v) is 5.72. The van der Waals surface area contributed by atoms with Gasteiger partial charge in [-0.05, 0) is 42.0 Å². The molecular weight excluding hydrogens is 382 g/mol. The second-order valence-corrected chi connectivity index (χ2v) is 8.06. The molecule has 0 radical (unpaired) electrons. The van der Waals surface area contributed by atoms with Gasteiger partial charge in [0.15, 0.2) is 0 Å². The molecule has 5 nitrogen and oxygen atoms in total. The molecule has 1 aliphatic rings. The van der Waals surface area contributed by atoms with Crippen LogP contribution in [-0.2, 0) is 4.79 Å². The van der Waals surface area contributed by atoms with Crippen LogP contribution in [-0.4, -0.2) is 24.4 Å².